The molecule has 1 aliphatic carbocycles. The number of carboxylic acids is 1. The smallest absolute Gasteiger partial charge is 0.310 e. The maximum Gasteiger partial charge on any atom is 0.310 e. The third-order valence-corrected chi connectivity index (χ3v) is 3.37. The Bertz CT molecular complexity index is 424. The second kappa shape index (κ2) is 3.68. The van der Waals surface area contributed by atoms with E-state index in [0.717, 1.165) is 0 Å². The molecule has 5 nitrogen and oxygen atoms in total. The summed E-state index contributed by atoms with van der Waals surface area (Å²) in [5.41, 5.74) is -0.660. The molecule has 2 unspecified atom stereocenters. The number of amides is 2. The Labute approximate surface area is 99.1 Å². The van der Waals surface area contributed by atoms with Crippen molar-refractivity contribution in [3.8, 4) is 0 Å². The molecule has 0 aromatic heterocycles. The molecule has 2 rings (SSSR count). The van der Waals surface area contributed by atoms with Gasteiger partial charge in [-0.3, -0.25) is 19.3 Å². The van der Waals surface area contributed by atoms with Crippen LogP contribution in [-0.4, -0.2) is 33.8 Å². The SMILES string of the molecule is CC1(C)CC(=O)N(C2C=CC(C(=O)O)C2)C1=O. The summed E-state index contributed by atoms with van der Waals surface area (Å²) >= 11 is 0. The Balaban J connectivity index is 2.16. The fourth-order valence-electron chi connectivity index (χ4n) is 2.37. The summed E-state index contributed by atoms with van der Waals surface area (Å²) in [5, 5.41) is 8.87. The molecule has 1 fully saturated rings. The van der Waals surface area contributed by atoms with Gasteiger partial charge in [0.2, 0.25) is 11.8 Å². The van der Waals surface area contributed by atoms with Crippen LogP contribution in [0.1, 0.15) is 26.7 Å². The topological polar surface area (TPSA) is 74.7 Å². The van der Waals surface area contributed by atoms with Gasteiger partial charge in [0.05, 0.1) is 17.4 Å². The Hall–Kier alpha value is -1.65. The zero-order valence-electron chi connectivity index (χ0n) is 9.84. The van der Waals surface area contributed by atoms with E-state index in [1.165, 1.54) is 4.90 Å². The molecule has 1 saturated heterocycles. The van der Waals surface area contributed by atoms with Gasteiger partial charge in [-0.25, -0.2) is 0 Å². The lowest BCUT2D eigenvalue weighted by atomic mass is 9.92. The largest absolute Gasteiger partial charge is 0.481 e. The van der Waals surface area contributed by atoms with Gasteiger partial charge in [-0.2, -0.15) is 0 Å². The first-order valence-corrected chi connectivity index (χ1v) is 5.60. The molecule has 17 heavy (non-hydrogen) atoms. The van der Waals surface area contributed by atoms with E-state index in [1.54, 1.807) is 26.0 Å². The van der Waals surface area contributed by atoms with Crippen LogP contribution in [0.4, 0.5) is 0 Å². The number of carbonyl (C=O) groups is 3. The summed E-state index contributed by atoms with van der Waals surface area (Å²) in [4.78, 5) is 35.8. The fourth-order valence-corrected chi connectivity index (χ4v) is 2.37. The molecular weight excluding hydrogens is 222 g/mol. The average molecular weight is 237 g/mol. The van der Waals surface area contributed by atoms with Crippen LogP contribution < -0.4 is 0 Å². The fraction of sp³-hybridized carbons (Fsp3) is 0.583. The average Bonchev–Trinajstić information content (AvgIpc) is 2.72. The van der Waals surface area contributed by atoms with Gasteiger partial charge in [-0.05, 0) is 6.42 Å². The molecule has 2 aliphatic rings. The van der Waals surface area contributed by atoms with Gasteiger partial charge in [0.15, 0.2) is 0 Å². The minimum Gasteiger partial charge on any atom is -0.481 e. The molecule has 0 radical (unpaired) electrons. The highest BCUT2D eigenvalue weighted by atomic mass is 16.4. The van der Waals surface area contributed by atoms with Gasteiger partial charge in [0.1, 0.15) is 0 Å². The quantitative estimate of drug-likeness (QED) is 0.569. The molecule has 2 atom stereocenters. The van der Waals surface area contributed by atoms with Crippen LogP contribution in [0.3, 0.4) is 0 Å². The van der Waals surface area contributed by atoms with E-state index >= 15 is 0 Å². The van der Waals surface area contributed by atoms with Gasteiger partial charge in [-0.1, -0.05) is 26.0 Å². The van der Waals surface area contributed by atoms with Crippen molar-refractivity contribution in [3.63, 3.8) is 0 Å². The maximum absolute atomic E-state index is 12.0. The number of carboxylic acid groups (broad SMARTS) is 1. The predicted octanol–water partition coefficient (Wildman–Crippen LogP) is 0.801. The molecule has 1 heterocycles. The van der Waals surface area contributed by atoms with Crippen molar-refractivity contribution in [2.75, 3.05) is 0 Å². The highest BCUT2D eigenvalue weighted by molar-refractivity contribution is 6.06. The number of hydrogen-bond acceptors (Lipinski definition) is 3. The molecule has 0 aromatic carbocycles. The highest BCUT2D eigenvalue weighted by Gasteiger charge is 2.48. The van der Waals surface area contributed by atoms with Gasteiger partial charge >= 0.3 is 5.97 Å². The lowest BCUT2D eigenvalue weighted by molar-refractivity contribution is -0.145. The first kappa shape index (κ1) is 11.8. The van der Waals surface area contributed by atoms with E-state index in [9.17, 15) is 14.4 Å². The number of hydrogen-bond donors (Lipinski definition) is 1. The van der Waals surface area contributed by atoms with Gasteiger partial charge in [-0.15, -0.1) is 0 Å². The Morgan fingerprint density at radius 2 is 2.06 bits per heavy atom. The molecule has 1 N–H and O–H groups in total. The minimum atomic E-state index is -0.915. The predicted molar refractivity (Wildman–Crippen MR) is 58.9 cm³/mol. The van der Waals surface area contributed by atoms with Crippen molar-refractivity contribution in [2.24, 2.45) is 11.3 Å². The third kappa shape index (κ3) is 1.85. The van der Waals surface area contributed by atoms with Gasteiger partial charge in [0, 0.05) is 6.42 Å². The standard InChI is InChI=1S/C12H15NO4/c1-12(2)6-9(14)13(11(12)17)8-4-3-7(5-8)10(15)16/h3-4,7-8H,5-6H2,1-2H3,(H,15,16). The number of aliphatic carboxylic acids is 1. The minimum absolute atomic E-state index is 0.202. The number of likely N-dealkylation sites (tertiary alicyclic amines) is 1. The van der Waals surface area contributed by atoms with Crippen LogP contribution >= 0.6 is 0 Å². The zero-order valence-corrected chi connectivity index (χ0v) is 9.84. The van der Waals surface area contributed by atoms with Gasteiger partial charge in [0.25, 0.3) is 0 Å². The van der Waals surface area contributed by atoms with Crippen molar-refractivity contribution in [2.45, 2.75) is 32.7 Å². The van der Waals surface area contributed by atoms with E-state index in [2.05, 4.69) is 0 Å². The number of carbonyl (C=O) groups excluding carboxylic acids is 2. The summed E-state index contributed by atoms with van der Waals surface area (Å²) in [6.45, 7) is 3.47. The van der Waals surface area contributed by atoms with Crippen LogP contribution in [0, 0.1) is 11.3 Å². The molecule has 0 aromatic rings. The number of nitrogens with zero attached hydrogens (tertiary/aromatic N) is 1. The molecule has 0 saturated carbocycles. The van der Waals surface area contributed by atoms with Crippen LogP contribution in [0.5, 0.6) is 0 Å². The second-order valence-electron chi connectivity index (χ2n) is 5.26. The van der Waals surface area contributed by atoms with Crippen molar-refractivity contribution in [1.82, 2.24) is 4.90 Å². The van der Waals surface area contributed by atoms with E-state index < -0.39 is 23.3 Å². The van der Waals surface area contributed by atoms with E-state index in [-0.39, 0.29) is 18.2 Å². The first-order chi connectivity index (χ1) is 7.83. The summed E-state index contributed by atoms with van der Waals surface area (Å²) in [6, 6.07) is -0.391. The van der Waals surface area contributed by atoms with Crippen molar-refractivity contribution in [3.05, 3.63) is 12.2 Å². The molecule has 0 bridgehead atoms. The van der Waals surface area contributed by atoms with Crippen LogP contribution in [0.2, 0.25) is 0 Å². The summed E-state index contributed by atoms with van der Waals surface area (Å²) in [5.74, 6) is -1.92. The van der Waals surface area contributed by atoms with E-state index in [4.69, 9.17) is 5.11 Å². The summed E-state index contributed by atoms with van der Waals surface area (Å²) in [7, 11) is 0. The Morgan fingerprint density at radius 1 is 1.41 bits per heavy atom. The van der Waals surface area contributed by atoms with Crippen LogP contribution in [-0.2, 0) is 14.4 Å². The third-order valence-electron chi connectivity index (χ3n) is 3.37. The lowest BCUT2D eigenvalue weighted by Crippen LogP contribution is -2.40. The lowest BCUT2D eigenvalue weighted by Gasteiger charge is -2.23. The molecule has 92 valence electrons. The Morgan fingerprint density at radius 3 is 2.47 bits per heavy atom. The van der Waals surface area contributed by atoms with Crippen LogP contribution in [0.25, 0.3) is 0 Å². The molecular formula is C12H15NO4. The Kier molecular flexibility index (Phi) is 2.56. The summed E-state index contributed by atoms with van der Waals surface area (Å²) in [6.07, 6.45) is 3.70. The molecule has 1 aliphatic heterocycles. The van der Waals surface area contributed by atoms with E-state index in [1.807, 2.05) is 0 Å². The normalized spacial score (nSPS) is 31.3. The number of rotatable bonds is 2. The molecule has 0 spiro atoms. The maximum atomic E-state index is 12.0. The first-order valence-electron chi connectivity index (χ1n) is 5.60. The highest BCUT2D eigenvalue weighted by Crippen LogP contribution is 2.36. The van der Waals surface area contributed by atoms with Gasteiger partial charge < -0.3 is 5.11 Å². The zero-order chi connectivity index (χ0) is 12.8. The second-order valence-corrected chi connectivity index (χ2v) is 5.26. The van der Waals surface area contributed by atoms with Crippen LogP contribution in [0.15, 0.2) is 12.2 Å². The monoisotopic (exact) mass is 237 g/mol. The summed E-state index contributed by atoms with van der Waals surface area (Å²) < 4.78 is 0. The van der Waals surface area contributed by atoms with E-state index in [0.29, 0.717) is 6.42 Å². The molecule has 2 amide bonds. The van der Waals surface area contributed by atoms with Crippen molar-refractivity contribution >= 4 is 17.8 Å². The number of imide groups is 1. The molecule has 5 heteroatoms. The van der Waals surface area contributed by atoms with Crippen molar-refractivity contribution < 1.29 is 19.5 Å². The van der Waals surface area contributed by atoms with Crippen molar-refractivity contribution in [1.29, 1.82) is 0 Å².